The summed E-state index contributed by atoms with van der Waals surface area (Å²) >= 11 is 1.23. The van der Waals surface area contributed by atoms with Gasteiger partial charge in [0.25, 0.3) is 0 Å². The number of aromatic nitrogens is 1. The fourth-order valence-corrected chi connectivity index (χ4v) is 3.43. The fraction of sp³-hybridized carbons (Fsp3) is 0.0952. The molecular weight excluding hydrogens is 415 g/mol. The molecule has 0 unspecified atom stereocenters. The van der Waals surface area contributed by atoms with Crippen LogP contribution >= 0.6 is 11.3 Å². The van der Waals surface area contributed by atoms with E-state index in [4.69, 9.17) is 0 Å². The number of carbonyl (C=O) groups excluding carboxylic acids is 2. The molecule has 0 aliphatic carbocycles. The molecule has 3 aromatic rings. The average Bonchev–Trinajstić information content (AvgIpc) is 3.15. The summed E-state index contributed by atoms with van der Waals surface area (Å²) in [7, 11) is 0. The van der Waals surface area contributed by atoms with Crippen molar-refractivity contribution in [2.75, 3.05) is 10.2 Å². The van der Waals surface area contributed by atoms with Crippen LogP contribution in [0.25, 0.3) is 6.08 Å². The number of carbonyl (C=O) groups is 2. The molecule has 1 aromatic heterocycles. The van der Waals surface area contributed by atoms with Gasteiger partial charge in [-0.2, -0.15) is 13.2 Å². The van der Waals surface area contributed by atoms with Crippen molar-refractivity contribution < 1.29 is 22.8 Å². The number of hydrogen-bond acceptors (Lipinski definition) is 4. The Morgan fingerprint density at radius 1 is 1.10 bits per heavy atom. The van der Waals surface area contributed by atoms with Gasteiger partial charge >= 0.3 is 6.18 Å². The molecular formula is C21H16F3N3O2S. The van der Waals surface area contributed by atoms with Crippen LogP contribution in [0.4, 0.5) is 29.7 Å². The molecule has 1 heterocycles. The van der Waals surface area contributed by atoms with Crippen LogP contribution in [-0.2, 0) is 15.8 Å². The molecule has 0 saturated heterocycles. The molecule has 154 valence electrons. The van der Waals surface area contributed by atoms with Crippen LogP contribution in [0.15, 0.2) is 66.1 Å². The average molecular weight is 431 g/mol. The number of halogens is 3. The van der Waals surface area contributed by atoms with Gasteiger partial charge < -0.3 is 5.32 Å². The summed E-state index contributed by atoms with van der Waals surface area (Å²) < 4.78 is 38.3. The lowest BCUT2D eigenvalue weighted by atomic mass is 10.2. The molecule has 0 aliphatic rings. The van der Waals surface area contributed by atoms with Crippen molar-refractivity contribution in [2.24, 2.45) is 0 Å². The molecule has 0 spiro atoms. The highest BCUT2D eigenvalue weighted by molar-refractivity contribution is 7.14. The number of para-hydroxylation sites is 1. The summed E-state index contributed by atoms with van der Waals surface area (Å²) in [4.78, 5) is 29.9. The van der Waals surface area contributed by atoms with Crippen LogP contribution < -0.4 is 10.2 Å². The molecule has 0 saturated carbocycles. The predicted molar refractivity (Wildman–Crippen MR) is 110 cm³/mol. The number of amides is 2. The molecule has 2 amide bonds. The van der Waals surface area contributed by atoms with Crippen molar-refractivity contribution in [3.8, 4) is 0 Å². The standard InChI is InChI=1S/C21H16F3N3O2S/c1-14(28)27(18-8-3-2-4-9-18)20-26-17(13-30-20)10-11-19(29)25-16-7-5-6-15(12-16)21(22,23)24/h2-13H,1H3,(H,25,29)/b11-10+. The minimum Gasteiger partial charge on any atom is -0.322 e. The molecule has 0 radical (unpaired) electrons. The van der Waals surface area contributed by atoms with Crippen molar-refractivity contribution >= 4 is 45.7 Å². The van der Waals surface area contributed by atoms with Gasteiger partial charge in [0.05, 0.1) is 16.9 Å². The Balaban J connectivity index is 1.71. The summed E-state index contributed by atoms with van der Waals surface area (Å²) in [6.07, 6.45) is -1.90. The Morgan fingerprint density at radius 3 is 2.50 bits per heavy atom. The number of anilines is 3. The third-order valence-electron chi connectivity index (χ3n) is 3.89. The van der Waals surface area contributed by atoms with Crippen LogP contribution in [0.3, 0.4) is 0 Å². The predicted octanol–water partition coefficient (Wildman–Crippen LogP) is 5.50. The molecule has 0 fully saturated rings. The number of rotatable bonds is 5. The maximum Gasteiger partial charge on any atom is 0.416 e. The van der Waals surface area contributed by atoms with E-state index < -0.39 is 17.6 Å². The Kier molecular flexibility index (Phi) is 6.31. The maximum absolute atomic E-state index is 12.8. The van der Waals surface area contributed by atoms with E-state index in [0.29, 0.717) is 16.5 Å². The van der Waals surface area contributed by atoms with Gasteiger partial charge in [0.2, 0.25) is 11.8 Å². The normalized spacial score (nSPS) is 11.5. The first-order chi connectivity index (χ1) is 14.2. The lowest BCUT2D eigenvalue weighted by Gasteiger charge is -2.17. The quantitative estimate of drug-likeness (QED) is 0.543. The van der Waals surface area contributed by atoms with Crippen molar-refractivity contribution in [1.82, 2.24) is 4.98 Å². The third-order valence-corrected chi connectivity index (χ3v) is 4.74. The van der Waals surface area contributed by atoms with Crippen LogP contribution in [0, 0.1) is 0 Å². The summed E-state index contributed by atoms with van der Waals surface area (Å²) in [5.41, 5.74) is 0.289. The largest absolute Gasteiger partial charge is 0.416 e. The van der Waals surface area contributed by atoms with Crippen molar-refractivity contribution in [1.29, 1.82) is 0 Å². The molecule has 30 heavy (non-hydrogen) atoms. The van der Waals surface area contributed by atoms with Crippen molar-refractivity contribution in [3.63, 3.8) is 0 Å². The van der Waals surface area contributed by atoms with E-state index in [1.165, 1.54) is 47.4 Å². The lowest BCUT2D eigenvalue weighted by Crippen LogP contribution is -2.22. The van der Waals surface area contributed by atoms with E-state index in [9.17, 15) is 22.8 Å². The minimum atomic E-state index is -4.49. The molecule has 9 heteroatoms. The molecule has 0 aliphatic heterocycles. The summed E-state index contributed by atoms with van der Waals surface area (Å²) in [6.45, 7) is 1.42. The zero-order valence-corrected chi connectivity index (χ0v) is 16.5. The Labute approximate surface area is 174 Å². The molecule has 3 rings (SSSR count). The van der Waals surface area contributed by atoms with E-state index in [0.717, 1.165) is 12.1 Å². The lowest BCUT2D eigenvalue weighted by molar-refractivity contribution is -0.137. The van der Waals surface area contributed by atoms with E-state index in [1.807, 2.05) is 6.07 Å². The van der Waals surface area contributed by atoms with Gasteiger partial charge in [-0.1, -0.05) is 24.3 Å². The second-order valence-electron chi connectivity index (χ2n) is 6.15. The van der Waals surface area contributed by atoms with Gasteiger partial charge in [0.1, 0.15) is 0 Å². The third kappa shape index (κ3) is 5.32. The summed E-state index contributed by atoms with van der Waals surface area (Å²) in [5.74, 6) is -0.816. The zero-order valence-electron chi connectivity index (χ0n) is 15.7. The number of thiazole rings is 1. The van der Waals surface area contributed by atoms with Gasteiger partial charge in [-0.05, 0) is 36.4 Å². The van der Waals surface area contributed by atoms with Gasteiger partial charge in [-0.3, -0.25) is 14.5 Å². The van der Waals surface area contributed by atoms with Crippen LogP contribution in [0.5, 0.6) is 0 Å². The van der Waals surface area contributed by atoms with Gasteiger partial charge in [-0.15, -0.1) is 11.3 Å². The molecule has 0 atom stereocenters. The summed E-state index contributed by atoms with van der Waals surface area (Å²) in [6, 6.07) is 13.4. The number of hydrogen-bond donors (Lipinski definition) is 1. The van der Waals surface area contributed by atoms with E-state index in [2.05, 4.69) is 10.3 Å². The monoisotopic (exact) mass is 431 g/mol. The van der Waals surface area contributed by atoms with E-state index >= 15 is 0 Å². The smallest absolute Gasteiger partial charge is 0.322 e. The van der Waals surface area contributed by atoms with Gasteiger partial charge in [0.15, 0.2) is 5.13 Å². The first kappa shape index (κ1) is 21.3. The highest BCUT2D eigenvalue weighted by Crippen LogP contribution is 2.31. The zero-order chi connectivity index (χ0) is 21.7. The Bertz CT molecular complexity index is 1080. The molecule has 5 nitrogen and oxygen atoms in total. The van der Waals surface area contributed by atoms with E-state index in [1.54, 1.807) is 29.6 Å². The molecule has 0 bridgehead atoms. The molecule has 2 aromatic carbocycles. The fourth-order valence-electron chi connectivity index (χ4n) is 2.58. The van der Waals surface area contributed by atoms with Crippen molar-refractivity contribution in [2.45, 2.75) is 13.1 Å². The number of alkyl halides is 3. The number of nitrogens with zero attached hydrogens (tertiary/aromatic N) is 2. The number of nitrogens with one attached hydrogen (secondary N) is 1. The summed E-state index contributed by atoms with van der Waals surface area (Å²) in [5, 5.41) is 4.49. The van der Waals surface area contributed by atoms with Crippen LogP contribution in [-0.4, -0.2) is 16.8 Å². The minimum absolute atomic E-state index is 0.0327. The van der Waals surface area contributed by atoms with Crippen LogP contribution in [0.1, 0.15) is 18.2 Å². The van der Waals surface area contributed by atoms with Gasteiger partial charge in [0, 0.05) is 24.1 Å². The van der Waals surface area contributed by atoms with Crippen LogP contribution in [0.2, 0.25) is 0 Å². The highest BCUT2D eigenvalue weighted by Gasteiger charge is 2.30. The second kappa shape index (κ2) is 8.91. The molecule has 1 N–H and O–H groups in total. The Hall–Kier alpha value is -3.46. The topological polar surface area (TPSA) is 62.3 Å². The first-order valence-corrected chi connectivity index (χ1v) is 9.59. The first-order valence-electron chi connectivity index (χ1n) is 8.71. The number of benzene rings is 2. The maximum atomic E-state index is 12.8. The SMILES string of the molecule is CC(=O)N(c1ccccc1)c1nc(/C=C/C(=O)Nc2cccc(C(F)(F)F)c2)cs1. The van der Waals surface area contributed by atoms with Gasteiger partial charge in [-0.25, -0.2) is 4.98 Å². The Morgan fingerprint density at radius 2 is 1.83 bits per heavy atom. The van der Waals surface area contributed by atoms with E-state index in [-0.39, 0.29) is 11.6 Å². The second-order valence-corrected chi connectivity index (χ2v) is 6.98. The van der Waals surface area contributed by atoms with Crippen molar-refractivity contribution in [3.05, 3.63) is 77.3 Å². The highest BCUT2D eigenvalue weighted by atomic mass is 32.1.